The topological polar surface area (TPSA) is 93.2 Å². The molecule has 0 unspecified atom stereocenters. The molecule has 35 heavy (non-hydrogen) atoms. The second kappa shape index (κ2) is 11.0. The molecule has 0 atom stereocenters. The number of nitrogens with zero attached hydrogens (tertiary/aromatic N) is 2. The van der Waals surface area contributed by atoms with Crippen LogP contribution in [0.15, 0.2) is 41.3 Å². The first-order valence-corrected chi connectivity index (χ1v) is 12.9. The predicted octanol–water partition coefficient (Wildman–Crippen LogP) is 4.83. The molecule has 2 heterocycles. The van der Waals surface area contributed by atoms with Crippen LogP contribution in [0.3, 0.4) is 0 Å². The van der Waals surface area contributed by atoms with Crippen LogP contribution in [0.5, 0.6) is 11.5 Å². The van der Waals surface area contributed by atoms with Gasteiger partial charge in [0.25, 0.3) is 11.1 Å². The molecule has 2 aliphatic heterocycles. The Morgan fingerprint density at radius 1 is 1.14 bits per heavy atom. The van der Waals surface area contributed by atoms with Crippen molar-refractivity contribution >= 4 is 75.1 Å². The lowest BCUT2D eigenvalue weighted by Crippen LogP contribution is -2.40. The van der Waals surface area contributed by atoms with Crippen LogP contribution in [0.2, 0.25) is 5.02 Å². The van der Waals surface area contributed by atoms with E-state index >= 15 is 0 Å². The Bertz CT molecular complexity index is 1230. The van der Waals surface area contributed by atoms with E-state index in [1.807, 2.05) is 22.6 Å². The first kappa shape index (κ1) is 25.5. The van der Waals surface area contributed by atoms with Gasteiger partial charge in [0, 0.05) is 18.1 Å². The maximum Gasteiger partial charge on any atom is 0.343 e. The maximum absolute atomic E-state index is 12.8. The van der Waals surface area contributed by atoms with Crippen LogP contribution in [0.25, 0.3) is 6.08 Å². The summed E-state index contributed by atoms with van der Waals surface area (Å²) >= 11 is 8.66. The van der Waals surface area contributed by atoms with Crippen LogP contribution in [0.4, 0.5) is 4.79 Å². The Balaban J connectivity index is 1.52. The molecule has 2 saturated heterocycles. The fourth-order valence-corrected chi connectivity index (χ4v) is 5.35. The van der Waals surface area contributed by atoms with Gasteiger partial charge in [0.1, 0.15) is 6.54 Å². The first-order valence-electron chi connectivity index (χ1n) is 10.6. The number of ether oxygens (including phenoxy) is 2. The van der Waals surface area contributed by atoms with Crippen LogP contribution < -0.4 is 9.47 Å². The zero-order valence-corrected chi connectivity index (χ0v) is 22.3. The van der Waals surface area contributed by atoms with Crippen molar-refractivity contribution in [2.24, 2.45) is 0 Å². The highest BCUT2D eigenvalue weighted by Gasteiger charge is 2.37. The molecule has 3 amide bonds. The average Bonchev–Trinajstić information content (AvgIpc) is 3.46. The van der Waals surface area contributed by atoms with Crippen molar-refractivity contribution in [2.75, 3.05) is 26.7 Å². The van der Waals surface area contributed by atoms with Crippen LogP contribution >= 0.6 is 46.0 Å². The number of carbonyl (C=O) groups is 4. The normalized spacial score (nSPS) is 16.8. The third kappa shape index (κ3) is 5.81. The molecular formula is C24H20ClIN2O6S. The zero-order chi connectivity index (χ0) is 25.1. The highest BCUT2D eigenvalue weighted by Crippen LogP contribution is 2.37. The van der Waals surface area contributed by atoms with Crippen molar-refractivity contribution < 1.29 is 28.7 Å². The number of amides is 3. The van der Waals surface area contributed by atoms with Crippen LogP contribution in [0, 0.1) is 3.57 Å². The van der Waals surface area contributed by atoms with Gasteiger partial charge in [-0.15, -0.1) is 0 Å². The van der Waals surface area contributed by atoms with E-state index in [9.17, 15) is 19.2 Å². The third-order valence-electron chi connectivity index (χ3n) is 5.45. The zero-order valence-electron chi connectivity index (χ0n) is 18.6. The Hall–Kier alpha value is -2.57. The number of halogens is 2. The van der Waals surface area contributed by atoms with Gasteiger partial charge in [-0.1, -0.05) is 11.6 Å². The molecule has 0 saturated carbocycles. The predicted molar refractivity (Wildman–Crippen MR) is 141 cm³/mol. The van der Waals surface area contributed by atoms with E-state index < -0.39 is 17.1 Å². The lowest BCUT2D eigenvalue weighted by molar-refractivity contribution is -0.135. The number of carbonyl (C=O) groups excluding carboxylic acids is 4. The Kier molecular flexibility index (Phi) is 8.02. The molecule has 182 valence electrons. The van der Waals surface area contributed by atoms with Gasteiger partial charge in [-0.2, -0.15) is 0 Å². The Morgan fingerprint density at radius 2 is 1.83 bits per heavy atom. The highest BCUT2D eigenvalue weighted by atomic mass is 127. The lowest BCUT2D eigenvalue weighted by atomic mass is 10.1. The van der Waals surface area contributed by atoms with Crippen LogP contribution in [-0.2, 0) is 9.59 Å². The number of methoxy groups -OCH3 is 1. The van der Waals surface area contributed by atoms with E-state index in [1.165, 1.54) is 7.11 Å². The number of imide groups is 1. The van der Waals surface area contributed by atoms with Crippen LogP contribution in [-0.4, -0.2) is 59.6 Å². The Morgan fingerprint density at radius 3 is 2.49 bits per heavy atom. The van der Waals surface area contributed by atoms with Crippen molar-refractivity contribution in [3.63, 3.8) is 0 Å². The molecule has 8 nitrogen and oxygen atoms in total. The fourth-order valence-electron chi connectivity index (χ4n) is 3.65. The number of benzene rings is 2. The van der Waals surface area contributed by atoms with Gasteiger partial charge in [0.2, 0.25) is 5.91 Å². The van der Waals surface area contributed by atoms with E-state index in [4.69, 9.17) is 21.1 Å². The van der Waals surface area contributed by atoms with E-state index in [2.05, 4.69) is 0 Å². The van der Waals surface area contributed by atoms with Crippen LogP contribution in [0.1, 0.15) is 28.8 Å². The minimum absolute atomic E-state index is 0.202. The summed E-state index contributed by atoms with van der Waals surface area (Å²) < 4.78 is 11.5. The van der Waals surface area contributed by atoms with Crippen molar-refractivity contribution in [3.05, 3.63) is 61.0 Å². The smallest absolute Gasteiger partial charge is 0.343 e. The molecule has 0 spiro atoms. The number of thioether (sulfide) groups is 1. The van der Waals surface area contributed by atoms with Crippen molar-refractivity contribution in [3.8, 4) is 11.5 Å². The second-order valence-electron chi connectivity index (χ2n) is 7.79. The van der Waals surface area contributed by atoms with Crippen molar-refractivity contribution in [1.29, 1.82) is 0 Å². The van der Waals surface area contributed by atoms with Gasteiger partial charge in [-0.3, -0.25) is 19.3 Å². The van der Waals surface area contributed by atoms with Gasteiger partial charge in [-0.25, -0.2) is 4.79 Å². The maximum atomic E-state index is 12.8. The molecule has 11 heteroatoms. The standard InChI is InChI=1S/C24H20ClIN2O6S/c1-33-18-11-14(10-17(26)21(18)34-23(31)15-4-6-16(25)7-5-15)12-19-22(30)28(24(32)35-19)13-20(29)27-8-2-3-9-27/h4-7,10-12H,2-3,8-9,13H2,1H3/b19-12-. The molecule has 0 bridgehead atoms. The summed E-state index contributed by atoms with van der Waals surface area (Å²) in [6.07, 6.45) is 3.42. The van der Waals surface area contributed by atoms with E-state index in [-0.39, 0.29) is 28.9 Å². The molecule has 0 aromatic heterocycles. The molecule has 0 N–H and O–H groups in total. The minimum Gasteiger partial charge on any atom is -0.493 e. The van der Waals surface area contributed by atoms with Crippen molar-refractivity contribution in [2.45, 2.75) is 12.8 Å². The number of rotatable bonds is 6. The molecule has 2 aromatic rings. The average molecular weight is 627 g/mol. The van der Waals surface area contributed by atoms with E-state index in [1.54, 1.807) is 47.4 Å². The number of esters is 1. The molecule has 0 aliphatic carbocycles. The minimum atomic E-state index is -0.575. The summed E-state index contributed by atoms with van der Waals surface area (Å²) in [5.74, 6) is -0.799. The molecule has 0 radical (unpaired) electrons. The molecule has 2 fully saturated rings. The van der Waals surface area contributed by atoms with E-state index in [0.29, 0.717) is 32.8 Å². The van der Waals surface area contributed by atoms with Crippen molar-refractivity contribution in [1.82, 2.24) is 9.80 Å². The third-order valence-corrected chi connectivity index (χ3v) is 7.41. The molecule has 4 rings (SSSR count). The van der Waals surface area contributed by atoms with Gasteiger partial charge in [-0.05, 0) is 95.2 Å². The summed E-state index contributed by atoms with van der Waals surface area (Å²) in [6, 6.07) is 9.61. The number of hydrogen-bond acceptors (Lipinski definition) is 7. The highest BCUT2D eigenvalue weighted by molar-refractivity contribution is 14.1. The first-order chi connectivity index (χ1) is 16.8. The van der Waals surface area contributed by atoms with Gasteiger partial charge >= 0.3 is 5.97 Å². The summed E-state index contributed by atoms with van der Waals surface area (Å²) in [5, 5.41) is 0.0202. The van der Waals surface area contributed by atoms with Gasteiger partial charge < -0.3 is 14.4 Å². The molecule has 2 aliphatic rings. The molecule has 2 aromatic carbocycles. The molecular weight excluding hydrogens is 607 g/mol. The van der Waals surface area contributed by atoms with E-state index in [0.717, 1.165) is 29.5 Å². The Labute approximate surface area is 224 Å². The summed E-state index contributed by atoms with van der Waals surface area (Å²) in [5.41, 5.74) is 0.905. The second-order valence-corrected chi connectivity index (χ2v) is 10.4. The summed E-state index contributed by atoms with van der Waals surface area (Å²) in [6.45, 7) is 1.04. The monoisotopic (exact) mass is 626 g/mol. The largest absolute Gasteiger partial charge is 0.493 e. The number of hydrogen-bond donors (Lipinski definition) is 0. The number of likely N-dealkylation sites (tertiary alicyclic amines) is 1. The SMILES string of the molecule is COc1cc(/C=C2\SC(=O)N(CC(=O)N3CCCC3)C2=O)cc(I)c1OC(=O)c1ccc(Cl)cc1. The summed E-state index contributed by atoms with van der Waals surface area (Å²) in [7, 11) is 1.44. The van der Waals surface area contributed by atoms with Gasteiger partial charge in [0.15, 0.2) is 11.5 Å². The fraction of sp³-hybridized carbons (Fsp3) is 0.250. The lowest BCUT2D eigenvalue weighted by Gasteiger charge is -2.18. The summed E-state index contributed by atoms with van der Waals surface area (Å²) in [4.78, 5) is 53.1. The quantitative estimate of drug-likeness (QED) is 0.196. The van der Waals surface area contributed by atoms with Gasteiger partial charge in [0.05, 0.1) is 21.1 Å².